The molecule has 0 aliphatic carbocycles. The molecule has 0 bridgehead atoms. The van der Waals surface area contributed by atoms with E-state index in [4.69, 9.17) is 9.47 Å². The van der Waals surface area contributed by atoms with E-state index in [0.717, 1.165) is 12.8 Å². The van der Waals surface area contributed by atoms with Crippen LogP contribution in [-0.4, -0.2) is 16.9 Å². The number of hydrogen-bond donors (Lipinski definition) is 0. The summed E-state index contributed by atoms with van der Waals surface area (Å²) in [6, 6.07) is 0. The van der Waals surface area contributed by atoms with Crippen molar-refractivity contribution in [2.45, 2.75) is 75.7 Å². The van der Waals surface area contributed by atoms with E-state index < -0.39 is 6.16 Å². The Bertz CT molecular complexity index is 195. The summed E-state index contributed by atoms with van der Waals surface area (Å²) < 4.78 is 9.68. The van der Waals surface area contributed by atoms with Crippen LogP contribution in [0, 0.1) is 0 Å². The first kappa shape index (κ1) is 18.0. The lowest BCUT2D eigenvalue weighted by Gasteiger charge is -2.07. The number of halogens is 1. The average molecular weight is 370 g/mol. The molecule has 0 aliphatic rings. The summed E-state index contributed by atoms with van der Waals surface area (Å²) in [5.74, 6) is 0. The maximum absolute atomic E-state index is 11.0. The largest absolute Gasteiger partial charge is 0.509 e. The molecule has 0 rings (SSSR count). The number of alkyl halides is 1. The van der Waals surface area contributed by atoms with Crippen LogP contribution in [0.4, 0.5) is 4.79 Å². The average Bonchev–Trinajstić information content (AvgIpc) is 2.30. The highest BCUT2D eigenvalue weighted by molar-refractivity contribution is 14.1. The Hall–Kier alpha value is 0. The van der Waals surface area contributed by atoms with Crippen molar-refractivity contribution in [2.24, 2.45) is 0 Å². The van der Waals surface area contributed by atoms with Gasteiger partial charge in [0, 0.05) is 0 Å². The SMILES string of the molecule is CCCCCCCCCCCOC(=O)OC(C)I. The summed E-state index contributed by atoms with van der Waals surface area (Å²) >= 11 is 2.03. The predicted molar refractivity (Wildman–Crippen MR) is 83.1 cm³/mol. The monoisotopic (exact) mass is 370 g/mol. The highest BCUT2D eigenvalue weighted by Gasteiger charge is 2.06. The van der Waals surface area contributed by atoms with Crippen LogP contribution in [0.3, 0.4) is 0 Å². The van der Waals surface area contributed by atoms with Gasteiger partial charge in [-0.2, -0.15) is 0 Å². The van der Waals surface area contributed by atoms with E-state index in [1.54, 1.807) is 6.92 Å². The maximum atomic E-state index is 11.0. The molecule has 0 radical (unpaired) electrons. The standard InChI is InChI=1S/C14H27IO3/c1-3-4-5-6-7-8-9-10-11-12-17-14(16)18-13(2)15/h13H,3-12H2,1-2H3. The predicted octanol–water partition coefficient (Wildman–Crippen LogP) is 5.45. The second-order valence-electron chi connectivity index (χ2n) is 4.59. The number of carbonyl (C=O) groups excluding carboxylic acids is 1. The smallest absolute Gasteiger partial charge is 0.434 e. The molecule has 1 atom stereocenters. The van der Waals surface area contributed by atoms with Crippen molar-refractivity contribution >= 4 is 28.7 Å². The molecule has 0 saturated carbocycles. The van der Waals surface area contributed by atoms with E-state index in [9.17, 15) is 4.79 Å². The van der Waals surface area contributed by atoms with Gasteiger partial charge in [-0.15, -0.1) is 0 Å². The molecule has 0 aromatic rings. The molecule has 0 saturated heterocycles. The zero-order valence-electron chi connectivity index (χ0n) is 11.8. The van der Waals surface area contributed by atoms with Gasteiger partial charge in [0.1, 0.15) is 0 Å². The molecule has 0 aromatic heterocycles. The van der Waals surface area contributed by atoms with Crippen molar-refractivity contribution in [3.63, 3.8) is 0 Å². The third-order valence-electron chi connectivity index (χ3n) is 2.73. The fraction of sp³-hybridized carbons (Fsp3) is 0.929. The summed E-state index contributed by atoms with van der Waals surface area (Å²) in [4.78, 5) is 11.0. The lowest BCUT2D eigenvalue weighted by molar-refractivity contribution is 0.0537. The number of carbonyl (C=O) groups is 1. The van der Waals surface area contributed by atoms with Gasteiger partial charge in [-0.25, -0.2) is 4.79 Å². The van der Waals surface area contributed by atoms with Crippen LogP contribution in [0.15, 0.2) is 0 Å². The lowest BCUT2D eigenvalue weighted by atomic mass is 10.1. The summed E-state index contributed by atoms with van der Waals surface area (Å²) in [6.45, 7) is 4.53. The van der Waals surface area contributed by atoms with E-state index >= 15 is 0 Å². The molecule has 0 fully saturated rings. The summed E-state index contributed by atoms with van der Waals surface area (Å²) in [5, 5.41) is 0. The van der Waals surface area contributed by atoms with Gasteiger partial charge in [0.05, 0.1) is 6.61 Å². The first-order chi connectivity index (χ1) is 8.66. The lowest BCUT2D eigenvalue weighted by Crippen LogP contribution is -2.11. The fourth-order valence-electron chi connectivity index (χ4n) is 1.73. The molecule has 4 heteroatoms. The van der Waals surface area contributed by atoms with Gasteiger partial charge >= 0.3 is 6.16 Å². The zero-order chi connectivity index (χ0) is 13.6. The molecule has 0 aromatic carbocycles. The molecule has 0 spiro atoms. The molecule has 0 aliphatic heterocycles. The fourth-order valence-corrected chi connectivity index (χ4v) is 1.94. The normalized spacial score (nSPS) is 12.2. The van der Waals surface area contributed by atoms with Crippen LogP contribution in [-0.2, 0) is 9.47 Å². The minimum Gasteiger partial charge on any atom is -0.434 e. The third-order valence-corrected chi connectivity index (χ3v) is 2.98. The minimum absolute atomic E-state index is 0.127. The van der Waals surface area contributed by atoms with E-state index in [-0.39, 0.29) is 4.11 Å². The Balaban J connectivity index is 3.09. The van der Waals surface area contributed by atoms with Crippen molar-refractivity contribution in [1.82, 2.24) is 0 Å². The summed E-state index contributed by atoms with van der Waals surface area (Å²) in [5.41, 5.74) is 0. The third kappa shape index (κ3) is 14.1. The van der Waals surface area contributed by atoms with Crippen LogP contribution in [0.1, 0.15) is 71.6 Å². The van der Waals surface area contributed by atoms with Gasteiger partial charge in [0.25, 0.3) is 0 Å². The first-order valence-electron chi connectivity index (χ1n) is 7.14. The van der Waals surface area contributed by atoms with Crippen LogP contribution < -0.4 is 0 Å². The summed E-state index contributed by atoms with van der Waals surface area (Å²) in [7, 11) is 0. The van der Waals surface area contributed by atoms with E-state index in [0.29, 0.717) is 6.61 Å². The van der Waals surface area contributed by atoms with Crippen LogP contribution in [0.2, 0.25) is 0 Å². The molecule has 1 unspecified atom stereocenters. The van der Waals surface area contributed by atoms with Gasteiger partial charge < -0.3 is 9.47 Å². The first-order valence-corrected chi connectivity index (χ1v) is 8.39. The van der Waals surface area contributed by atoms with Crippen molar-refractivity contribution in [3.8, 4) is 0 Å². The van der Waals surface area contributed by atoms with Crippen molar-refractivity contribution in [2.75, 3.05) is 6.61 Å². The van der Waals surface area contributed by atoms with Crippen LogP contribution in [0.5, 0.6) is 0 Å². The molecule has 0 amide bonds. The minimum atomic E-state index is -0.545. The molecule has 0 heterocycles. The van der Waals surface area contributed by atoms with Gasteiger partial charge in [-0.3, -0.25) is 0 Å². The number of hydrogen-bond acceptors (Lipinski definition) is 3. The number of ether oxygens (including phenoxy) is 2. The molecule has 0 N–H and O–H groups in total. The van der Waals surface area contributed by atoms with Gasteiger partial charge in [0.15, 0.2) is 4.11 Å². The Labute approximate surface area is 125 Å². The van der Waals surface area contributed by atoms with Gasteiger partial charge in [-0.05, 0) is 35.9 Å². The number of rotatable bonds is 11. The van der Waals surface area contributed by atoms with E-state index in [1.165, 1.54) is 44.9 Å². The Kier molecular flexibility index (Phi) is 13.4. The zero-order valence-corrected chi connectivity index (χ0v) is 13.9. The van der Waals surface area contributed by atoms with Crippen LogP contribution in [0.25, 0.3) is 0 Å². The second-order valence-corrected chi connectivity index (χ2v) is 6.34. The number of unbranched alkanes of at least 4 members (excludes halogenated alkanes) is 8. The Morgan fingerprint density at radius 2 is 1.50 bits per heavy atom. The van der Waals surface area contributed by atoms with Crippen molar-refractivity contribution in [1.29, 1.82) is 0 Å². The molecule has 108 valence electrons. The molecule has 18 heavy (non-hydrogen) atoms. The quantitative estimate of drug-likeness (QED) is 0.210. The summed E-state index contributed by atoms with van der Waals surface area (Å²) in [6.07, 6.45) is 10.8. The van der Waals surface area contributed by atoms with E-state index in [2.05, 4.69) is 6.92 Å². The molecule has 3 nitrogen and oxygen atoms in total. The highest BCUT2D eigenvalue weighted by atomic mass is 127. The second kappa shape index (κ2) is 13.4. The molecular formula is C14H27IO3. The van der Waals surface area contributed by atoms with Crippen molar-refractivity contribution < 1.29 is 14.3 Å². The topological polar surface area (TPSA) is 35.5 Å². The van der Waals surface area contributed by atoms with Gasteiger partial charge in [0.2, 0.25) is 0 Å². The molecular weight excluding hydrogens is 343 g/mol. The van der Waals surface area contributed by atoms with Crippen LogP contribution >= 0.6 is 22.6 Å². The Morgan fingerprint density at radius 1 is 1.00 bits per heavy atom. The maximum Gasteiger partial charge on any atom is 0.509 e. The van der Waals surface area contributed by atoms with Crippen molar-refractivity contribution in [3.05, 3.63) is 0 Å². The highest BCUT2D eigenvalue weighted by Crippen LogP contribution is 2.09. The van der Waals surface area contributed by atoms with E-state index in [1.807, 2.05) is 22.6 Å². The van der Waals surface area contributed by atoms with Gasteiger partial charge in [-0.1, -0.05) is 58.3 Å². The Morgan fingerprint density at radius 3 is 2.00 bits per heavy atom.